The van der Waals surface area contributed by atoms with Gasteiger partial charge in [0.2, 0.25) is 0 Å². The van der Waals surface area contributed by atoms with Crippen LogP contribution in [-0.4, -0.2) is 18.0 Å². The van der Waals surface area contributed by atoms with Crippen LogP contribution in [-0.2, 0) is 4.74 Å². The van der Waals surface area contributed by atoms with Crippen LogP contribution in [0.15, 0.2) is 18.2 Å². The maximum Gasteiger partial charge on any atom is 0.350 e. The van der Waals surface area contributed by atoms with E-state index in [-0.39, 0.29) is 16.3 Å². The van der Waals surface area contributed by atoms with Crippen molar-refractivity contribution in [3.8, 4) is 0 Å². The first-order valence-corrected chi connectivity index (χ1v) is 5.41. The summed E-state index contributed by atoms with van der Waals surface area (Å²) in [5, 5.41) is 11.3. The fourth-order valence-corrected chi connectivity index (χ4v) is 2.64. The number of non-ortho nitro benzene ring substituents is 1. The minimum Gasteiger partial charge on any atom is -0.465 e. The van der Waals surface area contributed by atoms with Gasteiger partial charge in [0.05, 0.1) is 17.7 Å². The Morgan fingerprint density at radius 2 is 2.24 bits per heavy atom. The van der Waals surface area contributed by atoms with Crippen molar-refractivity contribution >= 4 is 38.8 Å². The zero-order chi connectivity index (χ0) is 12.6. The number of nitrogen functional groups attached to an aromatic ring is 1. The van der Waals surface area contributed by atoms with Gasteiger partial charge in [-0.15, -0.1) is 11.3 Å². The van der Waals surface area contributed by atoms with E-state index < -0.39 is 10.9 Å². The van der Waals surface area contributed by atoms with Crippen molar-refractivity contribution < 1.29 is 14.5 Å². The molecule has 2 aromatic rings. The van der Waals surface area contributed by atoms with Crippen molar-refractivity contribution in [3.63, 3.8) is 0 Å². The minimum atomic E-state index is -0.585. The first-order valence-electron chi connectivity index (χ1n) is 4.60. The molecule has 0 aliphatic carbocycles. The molecule has 0 aliphatic heterocycles. The maximum absolute atomic E-state index is 11.4. The average Bonchev–Trinajstić information content (AvgIpc) is 2.66. The molecule has 0 radical (unpaired) electrons. The van der Waals surface area contributed by atoms with Crippen molar-refractivity contribution in [2.75, 3.05) is 12.8 Å². The number of fused-ring (bicyclic) bond motifs is 1. The summed E-state index contributed by atoms with van der Waals surface area (Å²) in [6, 6.07) is 4.55. The monoisotopic (exact) mass is 252 g/mol. The number of rotatable bonds is 2. The lowest BCUT2D eigenvalue weighted by atomic mass is 10.2. The predicted molar refractivity (Wildman–Crippen MR) is 64.2 cm³/mol. The molecule has 2 N–H and O–H groups in total. The number of anilines is 1. The van der Waals surface area contributed by atoms with Crippen LogP contribution in [0.2, 0.25) is 0 Å². The lowest BCUT2D eigenvalue weighted by molar-refractivity contribution is -0.382. The van der Waals surface area contributed by atoms with Gasteiger partial charge in [-0.1, -0.05) is 12.1 Å². The van der Waals surface area contributed by atoms with Gasteiger partial charge in [0.15, 0.2) is 0 Å². The molecule has 0 saturated heterocycles. The number of nitro benzene ring substituents is 1. The van der Waals surface area contributed by atoms with Gasteiger partial charge in [-0.25, -0.2) is 4.79 Å². The molecule has 17 heavy (non-hydrogen) atoms. The van der Waals surface area contributed by atoms with E-state index in [2.05, 4.69) is 4.74 Å². The molecule has 0 atom stereocenters. The summed E-state index contributed by atoms with van der Waals surface area (Å²) in [5.41, 5.74) is 5.93. The molecule has 0 unspecified atom stereocenters. The van der Waals surface area contributed by atoms with E-state index in [1.165, 1.54) is 19.2 Å². The van der Waals surface area contributed by atoms with Crippen LogP contribution in [0.25, 0.3) is 10.1 Å². The Kier molecular flexibility index (Phi) is 2.68. The number of benzene rings is 1. The lowest BCUT2D eigenvalue weighted by Gasteiger charge is -1.95. The summed E-state index contributed by atoms with van der Waals surface area (Å²) >= 11 is 0.970. The number of thiophene rings is 1. The molecule has 2 rings (SSSR count). The maximum atomic E-state index is 11.4. The zero-order valence-electron chi connectivity index (χ0n) is 8.80. The number of hydrogen-bond acceptors (Lipinski definition) is 6. The Morgan fingerprint density at radius 1 is 1.53 bits per heavy atom. The van der Waals surface area contributed by atoms with E-state index in [0.717, 1.165) is 11.3 Å². The minimum absolute atomic E-state index is 0.0608. The highest BCUT2D eigenvalue weighted by atomic mass is 32.1. The summed E-state index contributed by atoms with van der Waals surface area (Å²) in [5.74, 6) is -0.585. The fraction of sp³-hybridized carbons (Fsp3) is 0.100. The standard InChI is InChI=1S/C10H8N2O4S/c1-16-10(13)9-7(11)5-3-2-4-6(12(14)15)8(5)17-9/h2-4H,11H2,1H3. The Hall–Kier alpha value is -2.15. The molecule has 0 spiro atoms. The van der Waals surface area contributed by atoms with Gasteiger partial charge in [0, 0.05) is 11.5 Å². The summed E-state index contributed by atoms with van der Waals surface area (Å²) in [4.78, 5) is 21.9. The van der Waals surface area contributed by atoms with E-state index in [1.54, 1.807) is 6.07 Å². The Bertz CT molecular complexity index is 620. The highest BCUT2D eigenvalue weighted by Crippen LogP contribution is 2.39. The normalized spacial score (nSPS) is 10.4. The van der Waals surface area contributed by atoms with Crippen LogP contribution >= 0.6 is 11.3 Å². The van der Waals surface area contributed by atoms with Crippen LogP contribution in [0.3, 0.4) is 0 Å². The number of carbonyl (C=O) groups is 1. The fourth-order valence-electron chi connectivity index (χ4n) is 1.51. The van der Waals surface area contributed by atoms with E-state index in [4.69, 9.17) is 5.73 Å². The topological polar surface area (TPSA) is 95.5 Å². The van der Waals surface area contributed by atoms with E-state index in [0.29, 0.717) is 10.1 Å². The summed E-state index contributed by atoms with van der Waals surface area (Å²) < 4.78 is 4.95. The van der Waals surface area contributed by atoms with Crippen molar-refractivity contribution in [2.45, 2.75) is 0 Å². The first kappa shape index (κ1) is 11.3. The number of nitro groups is 1. The van der Waals surface area contributed by atoms with Crippen LogP contribution < -0.4 is 5.73 Å². The summed E-state index contributed by atoms with van der Waals surface area (Å²) in [7, 11) is 1.24. The van der Waals surface area contributed by atoms with Crippen molar-refractivity contribution in [1.82, 2.24) is 0 Å². The smallest absolute Gasteiger partial charge is 0.350 e. The molecule has 7 heteroatoms. The van der Waals surface area contributed by atoms with Crippen molar-refractivity contribution in [1.29, 1.82) is 0 Å². The predicted octanol–water partition coefficient (Wildman–Crippen LogP) is 2.18. The van der Waals surface area contributed by atoms with Gasteiger partial charge in [0.1, 0.15) is 9.58 Å². The second-order valence-electron chi connectivity index (χ2n) is 3.25. The highest BCUT2D eigenvalue weighted by Gasteiger charge is 2.22. The van der Waals surface area contributed by atoms with Gasteiger partial charge in [0.25, 0.3) is 5.69 Å². The third-order valence-electron chi connectivity index (χ3n) is 2.30. The molecule has 0 amide bonds. The van der Waals surface area contributed by atoms with E-state index >= 15 is 0 Å². The van der Waals surface area contributed by atoms with E-state index in [9.17, 15) is 14.9 Å². The third-order valence-corrected chi connectivity index (χ3v) is 3.52. The third kappa shape index (κ3) is 1.70. The average molecular weight is 252 g/mol. The molecule has 1 heterocycles. The van der Waals surface area contributed by atoms with Gasteiger partial charge < -0.3 is 10.5 Å². The number of ether oxygens (including phenoxy) is 1. The van der Waals surface area contributed by atoms with Gasteiger partial charge in [-0.05, 0) is 0 Å². The van der Waals surface area contributed by atoms with Crippen LogP contribution in [0.4, 0.5) is 11.4 Å². The molecule has 0 fully saturated rings. The number of nitrogens with two attached hydrogens (primary N) is 1. The Balaban J connectivity index is 2.77. The Labute approximate surface area is 99.8 Å². The molecular formula is C10H8N2O4S. The second kappa shape index (κ2) is 4.02. The number of nitrogens with zero attached hydrogens (tertiary/aromatic N) is 1. The van der Waals surface area contributed by atoms with Gasteiger partial charge >= 0.3 is 5.97 Å². The van der Waals surface area contributed by atoms with Crippen LogP contribution in [0, 0.1) is 10.1 Å². The highest BCUT2D eigenvalue weighted by molar-refractivity contribution is 7.22. The molecule has 1 aromatic carbocycles. The lowest BCUT2D eigenvalue weighted by Crippen LogP contribution is -2.01. The van der Waals surface area contributed by atoms with Crippen molar-refractivity contribution in [3.05, 3.63) is 33.2 Å². The molecule has 0 aliphatic rings. The van der Waals surface area contributed by atoms with Crippen LogP contribution in [0.5, 0.6) is 0 Å². The first-order chi connectivity index (χ1) is 8.06. The van der Waals surface area contributed by atoms with Crippen molar-refractivity contribution in [2.24, 2.45) is 0 Å². The van der Waals surface area contributed by atoms with E-state index in [1.807, 2.05) is 0 Å². The second-order valence-corrected chi connectivity index (χ2v) is 4.27. The quantitative estimate of drug-likeness (QED) is 0.502. The summed E-state index contributed by atoms with van der Waals surface area (Å²) in [6.07, 6.45) is 0. The van der Waals surface area contributed by atoms with Gasteiger partial charge in [-0.2, -0.15) is 0 Å². The molecule has 0 saturated carbocycles. The molecule has 6 nitrogen and oxygen atoms in total. The molecule has 0 bridgehead atoms. The molecule has 88 valence electrons. The largest absolute Gasteiger partial charge is 0.465 e. The van der Waals surface area contributed by atoms with Crippen LogP contribution in [0.1, 0.15) is 9.67 Å². The number of esters is 1. The SMILES string of the molecule is COC(=O)c1sc2c([N+](=O)[O-])cccc2c1N. The number of carbonyl (C=O) groups excluding carboxylic acids is 1. The zero-order valence-corrected chi connectivity index (χ0v) is 9.61. The Morgan fingerprint density at radius 3 is 2.82 bits per heavy atom. The molecule has 1 aromatic heterocycles. The number of methoxy groups -OCH3 is 1. The van der Waals surface area contributed by atoms with Gasteiger partial charge in [-0.3, -0.25) is 10.1 Å². The number of hydrogen-bond donors (Lipinski definition) is 1. The summed E-state index contributed by atoms with van der Waals surface area (Å²) in [6.45, 7) is 0. The molecular weight excluding hydrogens is 244 g/mol.